The molecule has 1 heterocycles. The number of nitrogens with zero attached hydrogens (tertiary/aromatic N) is 1. The highest BCUT2D eigenvalue weighted by Gasteiger charge is 2.08. The molecule has 0 N–H and O–H groups in total. The van der Waals surface area contributed by atoms with Gasteiger partial charge in [0.2, 0.25) is 5.91 Å². The summed E-state index contributed by atoms with van der Waals surface area (Å²) in [5.41, 5.74) is 0.899. The van der Waals surface area contributed by atoms with Gasteiger partial charge in [-0.3, -0.25) is 9.36 Å². The summed E-state index contributed by atoms with van der Waals surface area (Å²) in [6.45, 7) is 1.50. The average Bonchev–Trinajstić information content (AvgIpc) is 2.69. The molecule has 0 aliphatic carbocycles. The zero-order chi connectivity index (χ0) is 11.5. The quantitative estimate of drug-likeness (QED) is 0.789. The van der Waals surface area contributed by atoms with Crippen molar-refractivity contribution in [1.29, 1.82) is 0 Å². The lowest BCUT2D eigenvalue weighted by Gasteiger charge is -2.02. The van der Waals surface area contributed by atoms with Crippen LogP contribution in [0, 0.1) is 0 Å². The number of carbonyl (C=O) groups is 2. The topological polar surface area (TPSA) is 39.1 Å². The summed E-state index contributed by atoms with van der Waals surface area (Å²) in [6.07, 6.45) is 2.34. The van der Waals surface area contributed by atoms with E-state index in [9.17, 15) is 9.59 Å². The first-order chi connectivity index (χ1) is 7.68. The van der Waals surface area contributed by atoms with Crippen molar-refractivity contribution < 1.29 is 9.59 Å². The Morgan fingerprint density at radius 3 is 2.62 bits per heavy atom. The summed E-state index contributed by atoms with van der Waals surface area (Å²) >= 11 is 0. The zero-order valence-corrected chi connectivity index (χ0v) is 9.14. The highest BCUT2D eigenvalue weighted by atomic mass is 16.2. The van der Waals surface area contributed by atoms with Gasteiger partial charge in [0, 0.05) is 24.4 Å². The van der Waals surface area contributed by atoms with Crippen molar-refractivity contribution in [2.75, 3.05) is 0 Å². The van der Waals surface area contributed by atoms with E-state index in [-0.39, 0.29) is 18.1 Å². The number of fused-ring (bicyclic) bond motifs is 1. The SMILES string of the molecule is CC(=O)CCC(=O)n1ccc2ccccc21. The molecule has 2 aromatic rings. The molecule has 1 aromatic heterocycles. The maximum atomic E-state index is 11.8. The molecule has 0 aliphatic heterocycles. The molecule has 82 valence electrons. The van der Waals surface area contributed by atoms with Crippen LogP contribution in [-0.2, 0) is 4.79 Å². The van der Waals surface area contributed by atoms with Gasteiger partial charge in [-0.2, -0.15) is 0 Å². The first-order valence-electron chi connectivity index (χ1n) is 5.27. The summed E-state index contributed by atoms with van der Waals surface area (Å²) in [5.74, 6) is 0.0150. The maximum Gasteiger partial charge on any atom is 0.231 e. The molecule has 0 bridgehead atoms. The van der Waals surface area contributed by atoms with Gasteiger partial charge < -0.3 is 4.79 Å². The minimum Gasteiger partial charge on any atom is -0.300 e. The normalized spacial score (nSPS) is 10.6. The van der Waals surface area contributed by atoms with Crippen LogP contribution in [0.1, 0.15) is 24.6 Å². The van der Waals surface area contributed by atoms with E-state index in [2.05, 4.69) is 0 Å². The molecular formula is C13H13NO2. The largest absolute Gasteiger partial charge is 0.300 e. The number of carbonyl (C=O) groups excluding carboxylic acids is 2. The monoisotopic (exact) mass is 215 g/mol. The first-order valence-corrected chi connectivity index (χ1v) is 5.27. The molecular weight excluding hydrogens is 202 g/mol. The molecule has 2 rings (SSSR count). The van der Waals surface area contributed by atoms with E-state index < -0.39 is 0 Å². The summed E-state index contributed by atoms with van der Waals surface area (Å²) in [6, 6.07) is 9.61. The number of rotatable bonds is 3. The van der Waals surface area contributed by atoms with E-state index in [0.717, 1.165) is 10.9 Å². The van der Waals surface area contributed by atoms with Crippen LogP contribution >= 0.6 is 0 Å². The fourth-order valence-corrected chi connectivity index (χ4v) is 1.70. The molecule has 1 aromatic carbocycles. The number of aromatic nitrogens is 1. The summed E-state index contributed by atoms with van der Waals surface area (Å²) in [5, 5.41) is 1.04. The predicted octanol–water partition coefficient (Wildman–Crippen LogP) is 2.65. The number of benzene rings is 1. The molecule has 0 atom stereocenters. The van der Waals surface area contributed by atoms with Crippen LogP contribution in [0.25, 0.3) is 10.9 Å². The number of hydrogen-bond acceptors (Lipinski definition) is 2. The van der Waals surface area contributed by atoms with Crippen LogP contribution in [0.4, 0.5) is 0 Å². The summed E-state index contributed by atoms with van der Waals surface area (Å²) < 4.78 is 1.61. The second kappa shape index (κ2) is 4.31. The van der Waals surface area contributed by atoms with Crippen molar-refractivity contribution in [2.45, 2.75) is 19.8 Å². The van der Waals surface area contributed by atoms with E-state index in [1.54, 1.807) is 10.8 Å². The number of para-hydroxylation sites is 1. The Balaban J connectivity index is 2.26. The Bertz CT molecular complexity index is 540. The van der Waals surface area contributed by atoms with Crippen LogP contribution in [-0.4, -0.2) is 16.3 Å². The molecule has 0 amide bonds. The molecule has 3 heteroatoms. The lowest BCUT2D eigenvalue weighted by atomic mass is 10.2. The lowest BCUT2D eigenvalue weighted by molar-refractivity contribution is -0.117. The van der Waals surface area contributed by atoms with Crippen LogP contribution in [0.5, 0.6) is 0 Å². The average molecular weight is 215 g/mol. The van der Waals surface area contributed by atoms with Gasteiger partial charge in [-0.15, -0.1) is 0 Å². The van der Waals surface area contributed by atoms with E-state index in [1.807, 2.05) is 30.3 Å². The Morgan fingerprint density at radius 2 is 1.88 bits per heavy atom. The molecule has 0 fully saturated rings. The van der Waals surface area contributed by atoms with Crippen LogP contribution < -0.4 is 0 Å². The van der Waals surface area contributed by atoms with Crippen LogP contribution in [0.15, 0.2) is 36.5 Å². The Labute approximate surface area is 93.7 Å². The van der Waals surface area contributed by atoms with Gasteiger partial charge in [0.15, 0.2) is 0 Å². The van der Waals surface area contributed by atoms with Gasteiger partial charge in [-0.25, -0.2) is 0 Å². The molecule has 0 radical (unpaired) electrons. The lowest BCUT2D eigenvalue weighted by Crippen LogP contribution is -2.10. The molecule has 0 saturated carbocycles. The molecule has 0 unspecified atom stereocenters. The van der Waals surface area contributed by atoms with E-state index >= 15 is 0 Å². The van der Waals surface area contributed by atoms with E-state index in [0.29, 0.717) is 6.42 Å². The number of Topliss-reactive ketones (excluding diaryl/α,β-unsaturated/α-hetero) is 1. The highest BCUT2D eigenvalue weighted by molar-refractivity contribution is 5.93. The van der Waals surface area contributed by atoms with Gasteiger partial charge >= 0.3 is 0 Å². The van der Waals surface area contributed by atoms with Gasteiger partial charge in [-0.1, -0.05) is 18.2 Å². The fourth-order valence-electron chi connectivity index (χ4n) is 1.70. The smallest absolute Gasteiger partial charge is 0.231 e. The first kappa shape index (κ1) is 10.6. The van der Waals surface area contributed by atoms with Crippen molar-refractivity contribution in [2.24, 2.45) is 0 Å². The molecule has 0 saturated heterocycles. The van der Waals surface area contributed by atoms with Gasteiger partial charge in [0.05, 0.1) is 5.52 Å². The minimum atomic E-state index is -0.0311. The fraction of sp³-hybridized carbons (Fsp3) is 0.231. The van der Waals surface area contributed by atoms with Crippen LogP contribution in [0.3, 0.4) is 0 Å². The zero-order valence-electron chi connectivity index (χ0n) is 9.14. The van der Waals surface area contributed by atoms with Crippen LogP contribution in [0.2, 0.25) is 0 Å². The Morgan fingerprint density at radius 1 is 1.12 bits per heavy atom. The van der Waals surface area contributed by atoms with Gasteiger partial charge in [-0.05, 0) is 19.1 Å². The highest BCUT2D eigenvalue weighted by Crippen LogP contribution is 2.15. The van der Waals surface area contributed by atoms with Crippen molar-refractivity contribution in [3.8, 4) is 0 Å². The second-order valence-corrected chi connectivity index (χ2v) is 3.84. The Hall–Kier alpha value is -1.90. The predicted molar refractivity (Wildman–Crippen MR) is 62.5 cm³/mol. The van der Waals surface area contributed by atoms with Crippen molar-refractivity contribution >= 4 is 22.6 Å². The summed E-state index contributed by atoms with van der Waals surface area (Å²) in [7, 11) is 0. The van der Waals surface area contributed by atoms with E-state index in [1.165, 1.54) is 6.92 Å². The molecule has 3 nitrogen and oxygen atoms in total. The number of hydrogen-bond donors (Lipinski definition) is 0. The van der Waals surface area contributed by atoms with Gasteiger partial charge in [0.25, 0.3) is 0 Å². The molecule has 0 aliphatic rings. The molecule has 16 heavy (non-hydrogen) atoms. The second-order valence-electron chi connectivity index (χ2n) is 3.84. The van der Waals surface area contributed by atoms with Crippen molar-refractivity contribution in [3.63, 3.8) is 0 Å². The molecule has 0 spiro atoms. The third-order valence-corrected chi connectivity index (χ3v) is 2.56. The van der Waals surface area contributed by atoms with Gasteiger partial charge in [0.1, 0.15) is 5.78 Å². The minimum absolute atomic E-state index is 0.0311. The summed E-state index contributed by atoms with van der Waals surface area (Å²) in [4.78, 5) is 22.7. The Kier molecular flexibility index (Phi) is 2.86. The third-order valence-electron chi connectivity index (χ3n) is 2.56. The van der Waals surface area contributed by atoms with Crippen molar-refractivity contribution in [1.82, 2.24) is 4.57 Å². The van der Waals surface area contributed by atoms with Crippen molar-refractivity contribution in [3.05, 3.63) is 36.5 Å². The number of ketones is 1. The standard InChI is InChI=1S/C13H13NO2/c1-10(15)6-7-13(16)14-9-8-11-4-2-3-5-12(11)14/h2-5,8-9H,6-7H2,1H3. The third kappa shape index (κ3) is 2.03. The maximum absolute atomic E-state index is 11.8. The van der Waals surface area contributed by atoms with E-state index in [4.69, 9.17) is 0 Å².